The number of hydrogen-bond donors (Lipinski definition) is 3. The van der Waals surface area contributed by atoms with Gasteiger partial charge in [0.25, 0.3) is 0 Å². The molecule has 0 spiro atoms. The number of aliphatic hydroxyl groups excluding tert-OH is 1. The number of hydrogen-bond acceptors (Lipinski definition) is 7. The highest BCUT2D eigenvalue weighted by molar-refractivity contribution is 5.71. The maximum Gasteiger partial charge on any atom is 0.407 e. The average molecular weight is 481 g/mol. The third-order valence-corrected chi connectivity index (χ3v) is 4.39. The zero-order chi connectivity index (χ0) is 25.8. The predicted molar refractivity (Wildman–Crippen MR) is 128 cm³/mol. The average Bonchev–Trinajstić information content (AvgIpc) is 2.69. The van der Waals surface area contributed by atoms with Crippen LogP contribution in [-0.4, -0.2) is 53.2 Å². The summed E-state index contributed by atoms with van der Waals surface area (Å²) in [5.41, 5.74) is -0.479. The third kappa shape index (κ3) is 14.4. The first-order chi connectivity index (χ1) is 15.7. The van der Waals surface area contributed by atoms with E-state index in [1.165, 1.54) is 0 Å². The quantitative estimate of drug-likeness (QED) is 0.248. The van der Waals surface area contributed by atoms with Crippen LogP contribution in [0.4, 0.5) is 9.59 Å². The summed E-state index contributed by atoms with van der Waals surface area (Å²) in [5, 5.41) is 15.9. The molecule has 0 heterocycles. The maximum atomic E-state index is 12.2. The molecule has 1 aromatic carbocycles. The molecule has 9 heteroatoms. The number of esters is 1. The number of alkyl carbamates (subject to hydrolysis) is 2. The van der Waals surface area contributed by atoms with Gasteiger partial charge < -0.3 is 30.0 Å². The Balaban J connectivity index is 2.49. The van der Waals surface area contributed by atoms with Gasteiger partial charge in [-0.15, -0.1) is 0 Å². The van der Waals surface area contributed by atoms with E-state index in [1.54, 1.807) is 41.5 Å². The molecule has 2 atom stereocenters. The molecule has 1 aromatic rings. The van der Waals surface area contributed by atoms with Crippen LogP contribution in [-0.2, 0) is 25.6 Å². The van der Waals surface area contributed by atoms with Gasteiger partial charge in [-0.2, -0.15) is 0 Å². The van der Waals surface area contributed by atoms with Crippen LogP contribution in [0.25, 0.3) is 0 Å². The van der Waals surface area contributed by atoms with Crippen molar-refractivity contribution in [1.82, 2.24) is 10.6 Å². The number of benzene rings is 1. The molecule has 9 nitrogen and oxygen atoms in total. The summed E-state index contributed by atoms with van der Waals surface area (Å²) in [5.74, 6) is -0.557. The van der Waals surface area contributed by atoms with E-state index < -0.39 is 41.5 Å². The van der Waals surface area contributed by atoms with Crippen LogP contribution in [0, 0.1) is 0 Å². The normalized spacial score (nSPS) is 13.4. The molecule has 0 aliphatic rings. The second-order valence-corrected chi connectivity index (χ2v) is 10.1. The zero-order valence-electron chi connectivity index (χ0n) is 21.2. The number of nitrogens with one attached hydrogen (secondary N) is 2. The standard InChI is InChI=1S/C25H40N2O7/c1-24(2,3)33-21(29)16-20(28)19(27-23(31)34-25(4,5)6)14-10-11-15-26-22(30)32-17-18-12-8-7-9-13-18/h7-9,12-13,19-20,28H,10-11,14-17H2,1-6H3,(H,26,30)(H,27,31)/t19-,20-/m0/s1. The molecule has 0 bridgehead atoms. The summed E-state index contributed by atoms with van der Waals surface area (Å²) in [6.07, 6.45) is -1.06. The van der Waals surface area contributed by atoms with Crippen molar-refractivity contribution >= 4 is 18.2 Å². The topological polar surface area (TPSA) is 123 Å². The molecule has 0 saturated heterocycles. The number of carbonyl (C=O) groups excluding carboxylic acids is 3. The largest absolute Gasteiger partial charge is 0.460 e. The Morgan fingerprint density at radius 2 is 1.53 bits per heavy atom. The first kappa shape index (κ1) is 29.2. The highest BCUT2D eigenvalue weighted by Gasteiger charge is 2.28. The van der Waals surface area contributed by atoms with E-state index in [0.717, 1.165) is 5.56 Å². The van der Waals surface area contributed by atoms with Crippen molar-refractivity contribution in [2.24, 2.45) is 0 Å². The number of carbonyl (C=O) groups is 3. The molecule has 0 aromatic heterocycles. The van der Waals surface area contributed by atoms with E-state index in [4.69, 9.17) is 14.2 Å². The monoisotopic (exact) mass is 480 g/mol. The van der Waals surface area contributed by atoms with Gasteiger partial charge >= 0.3 is 18.2 Å². The molecular formula is C25H40N2O7. The van der Waals surface area contributed by atoms with Crippen LogP contribution in [0.1, 0.15) is 72.8 Å². The molecule has 0 aliphatic heterocycles. The summed E-state index contributed by atoms with van der Waals surface area (Å²) >= 11 is 0. The summed E-state index contributed by atoms with van der Waals surface area (Å²) in [6, 6.07) is 8.65. The fourth-order valence-corrected chi connectivity index (χ4v) is 2.97. The van der Waals surface area contributed by atoms with E-state index in [2.05, 4.69) is 10.6 Å². The second kappa shape index (κ2) is 13.8. The Bertz CT molecular complexity index is 770. The van der Waals surface area contributed by atoms with Crippen molar-refractivity contribution in [2.45, 2.75) is 97.2 Å². The molecule has 0 unspecified atom stereocenters. The van der Waals surface area contributed by atoms with Crippen LogP contribution in [0.2, 0.25) is 0 Å². The summed E-state index contributed by atoms with van der Waals surface area (Å²) in [7, 11) is 0. The predicted octanol–water partition coefficient (Wildman–Crippen LogP) is 4.07. The van der Waals surface area contributed by atoms with Crippen molar-refractivity contribution in [1.29, 1.82) is 0 Å². The Hall–Kier alpha value is -2.81. The van der Waals surface area contributed by atoms with Gasteiger partial charge in [-0.3, -0.25) is 4.79 Å². The van der Waals surface area contributed by atoms with Gasteiger partial charge in [0.05, 0.1) is 18.6 Å². The molecule has 34 heavy (non-hydrogen) atoms. The van der Waals surface area contributed by atoms with E-state index in [0.29, 0.717) is 25.8 Å². The molecule has 0 radical (unpaired) electrons. The fourth-order valence-electron chi connectivity index (χ4n) is 2.97. The van der Waals surface area contributed by atoms with Crippen molar-refractivity contribution in [3.63, 3.8) is 0 Å². The number of unbranched alkanes of at least 4 members (excludes halogenated alkanes) is 1. The molecule has 0 saturated carbocycles. The molecule has 192 valence electrons. The summed E-state index contributed by atoms with van der Waals surface area (Å²) in [6.45, 7) is 11.0. The van der Waals surface area contributed by atoms with Crippen LogP contribution in [0.3, 0.4) is 0 Å². The van der Waals surface area contributed by atoms with Crippen LogP contribution in [0.5, 0.6) is 0 Å². The summed E-state index contributed by atoms with van der Waals surface area (Å²) < 4.78 is 15.7. The van der Waals surface area contributed by atoms with Crippen LogP contribution in [0.15, 0.2) is 30.3 Å². The zero-order valence-corrected chi connectivity index (χ0v) is 21.2. The van der Waals surface area contributed by atoms with Gasteiger partial charge in [-0.05, 0) is 66.4 Å². The van der Waals surface area contributed by atoms with Gasteiger partial charge in [0.2, 0.25) is 0 Å². The third-order valence-electron chi connectivity index (χ3n) is 4.39. The number of aliphatic hydroxyl groups is 1. The van der Waals surface area contributed by atoms with Gasteiger partial charge in [-0.1, -0.05) is 30.3 Å². The van der Waals surface area contributed by atoms with E-state index >= 15 is 0 Å². The summed E-state index contributed by atoms with van der Waals surface area (Å²) in [4.78, 5) is 36.2. The lowest BCUT2D eigenvalue weighted by atomic mass is 10.0. The van der Waals surface area contributed by atoms with Crippen LogP contribution < -0.4 is 10.6 Å². The van der Waals surface area contributed by atoms with Crippen molar-refractivity contribution in [2.75, 3.05) is 6.54 Å². The van der Waals surface area contributed by atoms with Gasteiger partial charge in [0, 0.05) is 6.54 Å². The van der Waals surface area contributed by atoms with Crippen molar-refractivity contribution < 1.29 is 33.7 Å². The number of rotatable bonds is 11. The molecular weight excluding hydrogens is 440 g/mol. The first-order valence-electron chi connectivity index (χ1n) is 11.6. The minimum atomic E-state index is -1.15. The number of amides is 2. The molecule has 2 amide bonds. The molecule has 3 N–H and O–H groups in total. The lowest BCUT2D eigenvalue weighted by molar-refractivity contribution is -0.157. The van der Waals surface area contributed by atoms with Gasteiger partial charge in [0.1, 0.15) is 17.8 Å². The lowest BCUT2D eigenvalue weighted by Gasteiger charge is -2.27. The smallest absolute Gasteiger partial charge is 0.407 e. The highest BCUT2D eigenvalue weighted by Crippen LogP contribution is 2.15. The van der Waals surface area contributed by atoms with E-state index in [1.807, 2.05) is 30.3 Å². The Morgan fingerprint density at radius 1 is 0.912 bits per heavy atom. The first-order valence-corrected chi connectivity index (χ1v) is 11.6. The molecule has 1 rings (SSSR count). The lowest BCUT2D eigenvalue weighted by Crippen LogP contribution is -2.46. The molecule has 0 aliphatic carbocycles. The maximum absolute atomic E-state index is 12.2. The van der Waals surface area contributed by atoms with Crippen molar-refractivity contribution in [3.05, 3.63) is 35.9 Å². The van der Waals surface area contributed by atoms with E-state index in [-0.39, 0.29) is 13.0 Å². The van der Waals surface area contributed by atoms with Crippen molar-refractivity contribution in [3.8, 4) is 0 Å². The Morgan fingerprint density at radius 3 is 2.12 bits per heavy atom. The van der Waals surface area contributed by atoms with E-state index in [9.17, 15) is 19.5 Å². The van der Waals surface area contributed by atoms with Crippen LogP contribution >= 0.6 is 0 Å². The second-order valence-electron chi connectivity index (χ2n) is 10.1. The SMILES string of the molecule is CC(C)(C)OC(=O)C[C@H](O)[C@H](CCCCNC(=O)OCc1ccccc1)NC(=O)OC(C)(C)C. The minimum Gasteiger partial charge on any atom is -0.460 e. The minimum absolute atomic E-state index is 0.186. The number of ether oxygens (including phenoxy) is 3. The fraction of sp³-hybridized carbons (Fsp3) is 0.640. The molecule has 0 fully saturated rings. The Labute approximate surface area is 202 Å². The van der Waals surface area contributed by atoms with Gasteiger partial charge in [-0.25, -0.2) is 9.59 Å². The highest BCUT2D eigenvalue weighted by atomic mass is 16.6. The Kier molecular flexibility index (Phi) is 11.9. The van der Waals surface area contributed by atoms with Gasteiger partial charge in [0.15, 0.2) is 0 Å².